The fraction of sp³-hybridized carbons (Fsp3) is 0.105. The number of nitrogens with two attached hydrogens (primary N) is 1. The first-order valence-electron chi connectivity index (χ1n) is 7.79. The third-order valence-corrected chi connectivity index (χ3v) is 4.21. The van der Waals surface area contributed by atoms with Crippen LogP contribution in [-0.2, 0) is 6.42 Å². The van der Waals surface area contributed by atoms with Crippen molar-refractivity contribution in [2.45, 2.75) is 12.8 Å². The van der Waals surface area contributed by atoms with Gasteiger partial charge in [-0.1, -0.05) is 12.2 Å². The summed E-state index contributed by atoms with van der Waals surface area (Å²) in [5.74, 6) is 0.0594. The second-order valence-corrected chi connectivity index (χ2v) is 6.00. The second-order valence-electron chi connectivity index (χ2n) is 6.00. The SMILES string of the molecule is N/C1=C/c2cc(C(=O)c3cc4cc(O)ccc4[nH]3)[nH]c2CC=CC1. The van der Waals surface area contributed by atoms with E-state index in [0.717, 1.165) is 40.7 Å². The standard InChI is InChI=1S/C19H17N3O2/c20-13-3-1-2-4-15-11(7-13)9-17(21-15)19(24)18-10-12-8-14(23)5-6-16(12)22-18/h1-2,5-10,21-23H,3-4,20H2/b2-1?,13-7+. The second kappa shape index (κ2) is 5.45. The highest BCUT2D eigenvalue weighted by Gasteiger charge is 2.17. The van der Waals surface area contributed by atoms with E-state index in [-0.39, 0.29) is 11.5 Å². The molecular weight excluding hydrogens is 302 g/mol. The lowest BCUT2D eigenvalue weighted by Gasteiger charge is -2.02. The smallest absolute Gasteiger partial charge is 0.225 e. The monoisotopic (exact) mass is 319 g/mol. The number of nitrogens with one attached hydrogen (secondary N) is 2. The molecule has 2 heterocycles. The Morgan fingerprint density at radius 2 is 1.83 bits per heavy atom. The van der Waals surface area contributed by atoms with Crippen molar-refractivity contribution in [2.75, 3.05) is 0 Å². The van der Waals surface area contributed by atoms with Crippen molar-refractivity contribution in [2.24, 2.45) is 5.73 Å². The highest BCUT2D eigenvalue weighted by Crippen LogP contribution is 2.24. The van der Waals surface area contributed by atoms with Crippen molar-refractivity contribution in [3.63, 3.8) is 0 Å². The van der Waals surface area contributed by atoms with Crippen LogP contribution in [0.1, 0.15) is 33.9 Å². The maximum absolute atomic E-state index is 12.8. The van der Waals surface area contributed by atoms with Crippen LogP contribution in [0, 0.1) is 0 Å². The van der Waals surface area contributed by atoms with Crippen molar-refractivity contribution in [1.82, 2.24) is 9.97 Å². The summed E-state index contributed by atoms with van der Waals surface area (Å²) in [6, 6.07) is 8.56. The number of H-pyrrole nitrogens is 2. The summed E-state index contributed by atoms with van der Waals surface area (Å²) in [4.78, 5) is 19.1. The van der Waals surface area contributed by atoms with Gasteiger partial charge in [0.15, 0.2) is 0 Å². The minimum Gasteiger partial charge on any atom is -0.508 e. The van der Waals surface area contributed by atoms with Crippen LogP contribution in [0.15, 0.2) is 48.2 Å². The zero-order valence-electron chi connectivity index (χ0n) is 13.0. The molecule has 0 amide bonds. The zero-order chi connectivity index (χ0) is 16.7. The fourth-order valence-electron chi connectivity index (χ4n) is 3.00. The summed E-state index contributed by atoms with van der Waals surface area (Å²) in [6.45, 7) is 0. The Kier molecular flexibility index (Phi) is 3.27. The van der Waals surface area contributed by atoms with Gasteiger partial charge in [0.2, 0.25) is 5.78 Å². The molecule has 0 aliphatic heterocycles. The first-order chi connectivity index (χ1) is 11.6. The molecule has 0 saturated heterocycles. The number of ketones is 1. The highest BCUT2D eigenvalue weighted by molar-refractivity contribution is 6.09. The largest absolute Gasteiger partial charge is 0.508 e. The lowest BCUT2D eigenvalue weighted by atomic mass is 10.1. The fourth-order valence-corrected chi connectivity index (χ4v) is 3.00. The molecule has 120 valence electrons. The molecule has 0 saturated carbocycles. The summed E-state index contributed by atoms with van der Waals surface area (Å²) >= 11 is 0. The van der Waals surface area contributed by atoms with Gasteiger partial charge in [-0.3, -0.25) is 4.79 Å². The maximum Gasteiger partial charge on any atom is 0.225 e. The molecule has 4 rings (SSSR count). The summed E-state index contributed by atoms with van der Waals surface area (Å²) in [6.07, 6.45) is 7.46. The van der Waals surface area contributed by atoms with Gasteiger partial charge in [-0.05, 0) is 42.0 Å². The number of aromatic amines is 2. The number of phenolic OH excluding ortho intramolecular Hbond substituents is 1. The van der Waals surface area contributed by atoms with Gasteiger partial charge in [-0.25, -0.2) is 0 Å². The van der Waals surface area contributed by atoms with Gasteiger partial charge in [0.05, 0.1) is 11.4 Å². The lowest BCUT2D eigenvalue weighted by Crippen LogP contribution is -2.02. The van der Waals surface area contributed by atoms with E-state index in [9.17, 15) is 9.90 Å². The van der Waals surface area contributed by atoms with Gasteiger partial charge >= 0.3 is 0 Å². The molecule has 0 unspecified atom stereocenters. The molecule has 0 fully saturated rings. The number of carbonyl (C=O) groups is 1. The Morgan fingerprint density at radius 1 is 1.04 bits per heavy atom. The van der Waals surface area contributed by atoms with E-state index in [0.29, 0.717) is 11.4 Å². The molecule has 0 bridgehead atoms. The summed E-state index contributed by atoms with van der Waals surface area (Å²) in [5, 5.41) is 10.4. The van der Waals surface area contributed by atoms with Crippen LogP contribution in [0.4, 0.5) is 0 Å². The number of aromatic nitrogens is 2. The third kappa shape index (κ3) is 2.50. The summed E-state index contributed by atoms with van der Waals surface area (Å²) in [7, 11) is 0. The molecule has 2 aromatic heterocycles. The molecule has 0 spiro atoms. The molecule has 5 heteroatoms. The minimum atomic E-state index is -0.117. The molecule has 5 nitrogen and oxygen atoms in total. The van der Waals surface area contributed by atoms with Gasteiger partial charge in [0.25, 0.3) is 0 Å². The molecule has 1 aliphatic carbocycles. The van der Waals surface area contributed by atoms with E-state index in [4.69, 9.17) is 5.73 Å². The predicted molar refractivity (Wildman–Crippen MR) is 93.8 cm³/mol. The molecule has 1 aromatic carbocycles. The normalized spacial score (nSPS) is 16.2. The van der Waals surface area contributed by atoms with E-state index in [2.05, 4.69) is 16.0 Å². The van der Waals surface area contributed by atoms with Gasteiger partial charge in [-0.15, -0.1) is 0 Å². The van der Waals surface area contributed by atoms with Crippen molar-refractivity contribution in [3.05, 3.63) is 70.8 Å². The number of fused-ring (bicyclic) bond motifs is 2. The number of aromatic hydroxyl groups is 1. The van der Waals surface area contributed by atoms with Crippen LogP contribution in [0.5, 0.6) is 5.75 Å². The van der Waals surface area contributed by atoms with Crippen LogP contribution in [0.2, 0.25) is 0 Å². The van der Waals surface area contributed by atoms with E-state index < -0.39 is 0 Å². The minimum absolute atomic E-state index is 0.117. The first kappa shape index (κ1) is 14.4. The van der Waals surface area contributed by atoms with E-state index in [1.807, 2.05) is 18.2 Å². The zero-order valence-corrected chi connectivity index (χ0v) is 13.0. The summed E-state index contributed by atoms with van der Waals surface area (Å²) in [5.41, 5.74) is 10.5. The molecule has 24 heavy (non-hydrogen) atoms. The van der Waals surface area contributed by atoms with Crippen LogP contribution in [0.25, 0.3) is 17.0 Å². The molecule has 0 radical (unpaired) electrons. The van der Waals surface area contributed by atoms with Crippen molar-refractivity contribution in [3.8, 4) is 5.75 Å². The van der Waals surface area contributed by atoms with Crippen molar-refractivity contribution >= 4 is 22.8 Å². The predicted octanol–water partition coefficient (Wildman–Crippen LogP) is 3.23. The maximum atomic E-state index is 12.8. The Balaban J connectivity index is 1.74. The molecule has 5 N–H and O–H groups in total. The summed E-state index contributed by atoms with van der Waals surface area (Å²) < 4.78 is 0. The van der Waals surface area contributed by atoms with E-state index >= 15 is 0 Å². The van der Waals surface area contributed by atoms with Crippen LogP contribution >= 0.6 is 0 Å². The number of benzene rings is 1. The van der Waals surface area contributed by atoms with Crippen LogP contribution in [-0.4, -0.2) is 20.9 Å². The van der Waals surface area contributed by atoms with Crippen molar-refractivity contribution in [1.29, 1.82) is 0 Å². The number of hydrogen-bond donors (Lipinski definition) is 4. The Hall–Kier alpha value is -3.21. The highest BCUT2D eigenvalue weighted by atomic mass is 16.3. The Bertz CT molecular complexity index is 1000. The number of phenols is 1. The first-order valence-corrected chi connectivity index (χ1v) is 7.79. The van der Waals surface area contributed by atoms with Crippen molar-refractivity contribution < 1.29 is 9.90 Å². The van der Waals surface area contributed by atoms with Gasteiger partial charge in [0.1, 0.15) is 5.75 Å². The van der Waals surface area contributed by atoms with Gasteiger partial charge in [-0.2, -0.15) is 0 Å². The third-order valence-electron chi connectivity index (χ3n) is 4.21. The quantitative estimate of drug-likeness (QED) is 0.431. The average molecular weight is 319 g/mol. The molecular formula is C19H17N3O2. The number of rotatable bonds is 2. The molecule has 3 aromatic rings. The molecule has 1 aliphatic rings. The van der Waals surface area contributed by atoms with E-state index in [1.165, 1.54) is 0 Å². The van der Waals surface area contributed by atoms with Gasteiger partial charge < -0.3 is 20.8 Å². The Morgan fingerprint density at radius 3 is 2.71 bits per heavy atom. The molecule has 0 atom stereocenters. The van der Waals surface area contributed by atoms with Crippen LogP contribution in [0.3, 0.4) is 0 Å². The van der Waals surface area contributed by atoms with Crippen LogP contribution < -0.4 is 5.73 Å². The lowest BCUT2D eigenvalue weighted by molar-refractivity contribution is 0.103. The van der Waals surface area contributed by atoms with E-state index in [1.54, 1.807) is 24.3 Å². The topological polar surface area (TPSA) is 94.9 Å². The number of carbonyl (C=O) groups excluding carboxylic acids is 1. The average Bonchev–Trinajstić information content (AvgIpc) is 3.12. The number of allylic oxidation sites excluding steroid dienone is 2. The Labute approximate surface area is 138 Å². The number of hydrogen-bond acceptors (Lipinski definition) is 3. The van der Waals surface area contributed by atoms with Gasteiger partial charge in [0, 0.05) is 35.1 Å².